The number of pyridine rings is 1. The van der Waals surface area contributed by atoms with Gasteiger partial charge >= 0.3 is 6.36 Å². The Bertz CT molecular complexity index is 479. The second kappa shape index (κ2) is 4.45. The molecule has 2 aromatic rings. The van der Waals surface area contributed by atoms with Gasteiger partial charge in [0.1, 0.15) is 5.75 Å². The van der Waals surface area contributed by atoms with Crippen molar-refractivity contribution in [2.24, 2.45) is 0 Å². The third-order valence-corrected chi connectivity index (χ3v) is 1.99. The first-order valence-corrected chi connectivity index (χ1v) is 4.73. The molecule has 2 rings (SSSR count). The molecular weight excluding hydrogens is 231 g/mol. The first-order valence-electron chi connectivity index (χ1n) is 4.73. The minimum absolute atomic E-state index is 0.249. The molecule has 1 radical (unpaired) electrons. The summed E-state index contributed by atoms with van der Waals surface area (Å²) >= 11 is 0. The average Bonchev–Trinajstić information content (AvgIpc) is 2.29. The van der Waals surface area contributed by atoms with Crippen molar-refractivity contribution in [3.8, 4) is 17.0 Å². The zero-order valence-electron chi connectivity index (χ0n) is 8.53. The van der Waals surface area contributed by atoms with E-state index < -0.39 is 6.36 Å². The van der Waals surface area contributed by atoms with Gasteiger partial charge in [0.05, 0.1) is 5.69 Å². The SMILES string of the molecule is FC(F)(F)Oc1ccc(-c2c[c]ccn2)cc1. The highest BCUT2D eigenvalue weighted by atomic mass is 19.4. The molecule has 1 heterocycles. The Kier molecular flexibility index (Phi) is 2.99. The average molecular weight is 238 g/mol. The summed E-state index contributed by atoms with van der Waals surface area (Å²) in [5, 5.41) is 0. The summed E-state index contributed by atoms with van der Waals surface area (Å²) in [6.45, 7) is 0. The molecule has 0 atom stereocenters. The topological polar surface area (TPSA) is 22.1 Å². The summed E-state index contributed by atoms with van der Waals surface area (Å²) in [7, 11) is 0. The summed E-state index contributed by atoms with van der Waals surface area (Å²) in [5.41, 5.74) is 1.35. The third-order valence-electron chi connectivity index (χ3n) is 1.99. The van der Waals surface area contributed by atoms with Crippen LogP contribution in [0.25, 0.3) is 11.3 Å². The van der Waals surface area contributed by atoms with E-state index in [1.807, 2.05) is 0 Å². The van der Waals surface area contributed by atoms with Crippen molar-refractivity contribution in [3.63, 3.8) is 0 Å². The van der Waals surface area contributed by atoms with Gasteiger partial charge in [-0.25, -0.2) is 0 Å². The molecule has 87 valence electrons. The molecule has 0 saturated heterocycles. The maximum Gasteiger partial charge on any atom is 0.573 e. The number of alkyl halides is 3. The van der Waals surface area contributed by atoms with Crippen LogP contribution in [-0.4, -0.2) is 11.3 Å². The Morgan fingerprint density at radius 2 is 1.82 bits per heavy atom. The lowest BCUT2D eigenvalue weighted by Gasteiger charge is -2.08. The number of hydrogen-bond donors (Lipinski definition) is 0. The number of benzene rings is 1. The smallest absolute Gasteiger partial charge is 0.406 e. The number of halogens is 3. The fourth-order valence-electron chi connectivity index (χ4n) is 1.31. The summed E-state index contributed by atoms with van der Waals surface area (Å²) in [5.74, 6) is -0.249. The maximum atomic E-state index is 11.9. The van der Waals surface area contributed by atoms with E-state index in [1.165, 1.54) is 24.3 Å². The van der Waals surface area contributed by atoms with E-state index in [9.17, 15) is 13.2 Å². The van der Waals surface area contributed by atoms with E-state index in [0.29, 0.717) is 11.3 Å². The molecule has 1 aromatic carbocycles. The predicted octanol–water partition coefficient (Wildman–Crippen LogP) is 3.45. The molecule has 0 aliphatic rings. The van der Waals surface area contributed by atoms with Crippen molar-refractivity contribution in [2.75, 3.05) is 0 Å². The van der Waals surface area contributed by atoms with Gasteiger partial charge in [-0.2, -0.15) is 0 Å². The minimum atomic E-state index is -4.67. The minimum Gasteiger partial charge on any atom is -0.406 e. The van der Waals surface area contributed by atoms with Crippen LogP contribution < -0.4 is 4.74 Å². The van der Waals surface area contributed by atoms with Gasteiger partial charge in [0.2, 0.25) is 0 Å². The molecule has 0 unspecified atom stereocenters. The van der Waals surface area contributed by atoms with Crippen molar-refractivity contribution in [1.29, 1.82) is 0 Å². The second-order valence-electron chi connectivity index (χ2n) is 3.21. The van der Waals surface area contributed by atoms with Gasteiger partial charge in [0.15, 0.2) is 0 Å². The van der Waals surface area contributed by atoms with Crippen LogP contribution in [-0.2, 0) is 0 Å². The fourth-order valence-corrected chi connectivity index (χ4v) is 1.31. The normalized spacial score (nSPS) is 11.2. The highest BCUT2D eigenvalue weighted by Gasteiger charge is 2.30. The highest BCUT2D eigenvalue weighted by molar-refractivity contribution is 5.59. The third kappa shape index (κ3) is 3.21. The molecule has 0 spiro atoms. The number of nitrogens with zero attached hydrogens (tertiary/aromatic N) is 1. The fraction of sp³-hybridized carbons (Fsp3) is 0.0833. The van der Waals surface area contributed by atoms with E-state index in [4.69, 9.17) is 0 Å². The number of hydrogen-bond acceptors (Lipinski definition) is 2. The Balaban J connectivity index is 2.19. The van der Waals surface area contributed by atoms with Crippen LogP contribution in [0.2, 0.25) is 0 Å². The number of ether oxygens (including phenoxy) is 1. The summed E-state index contributed by atoms with van der Waals surface area (Å²) < 4.78 is 39.5. The molecule has 0 amide bonds. The molecule has 2 nitrogen and oxygen atoms in total. The Labute approximate surface area is 95.7 Å². The highest BCUT2D eigenvalue weighted by Crippen LogP contribution is 2.25. The lowest BCUT2D eigenvalue weighted by molar-refractivity contribution is -0.274. The van der Waals surface area contributed by atoms with Crippen LogP contribution in [0.15, 0.2) is 42.6 Å². The molecular formula is C12H7F3NO. The second-order valence-corrected chi connectivity index (χ2v) is 3.21. The Hall–Kier alpha value is -2.04. The van der Waals surface area contributed by atoms with Crippen LogP contribution in [0.4, 0.5) is 13.2 Å². The monoisotopic (exact) mass is 238 g/mol. The van der Waals surface area contributed by atoms with Crippen LogP contribution in [0.5, 0.6) is 5.75 Å². The molecule has 17 heavy (non-hydrogen) atoms. The maximum absolute atomic E-state index is 11.9. The Morgan fingerprint density at radius 3 is 2.35 bits per heavy atom. The van der Waals surface area contributed by atoms with E-state index in [2.05, 4.69) is 15.8 Å². The van der Waals surface area contributed by atoms with Crippen LogP contribution >= 0.6 is 0 Å². The quantitative estimate of drug-likeness (QED) is 0.799. The van der Waals surface area contributed by atoms with Gasteiger partial charge in [-0.1, -0.05) is 0 Å². The molecule has 0 saturated carbocycles. The van der Waals surface area contributed by atoms with Gasteiger partial charge in [-0.3, -0.25) is 4.98 Å². The summed E-state index contributed by atoms with van der Waals surface area (Å²) in [6.07, 6.45) is -3.10. The summed E-state index contributed by atoms with van der Waals surface area (Å²) in [4.78, 5) is 4.06. The van der Waals surface area contributed by atoms with Gasteiger partial charge in [0.25, 0.3) is 0 Å². The van der Waals surface area contributed by atoms with Crippen LogP contribution in [0, 0.1) is 6.07 Å². The van der Waals surface area contributed by atoms with E-state index in [1.54, 1.807) is 18.3 Å². The zero-order chi connectivity index (χ0) is 12.3. The van der Waals surface area contributed by atoms with E-state index in [0.717, 1.165) is 0 Å². The number of aromatic nitrogens is 1. The van der Waals surface area contributed by atoms with E-state index in [-0.39, 0.29) is 5.75 Å². The van der Waals surface area contributed by atoms with Gasteiger partial charge in [-0.05, 0) is 42.5 Å². The van der Waals surface area contributed by atoms with Crippen molar-refractivity contribution in [2.45, 2.75) is 6.36 Å². The lowest BCUT2D eigenvalue weighted by atomic mass is 10.1. The number of rotatable bonds is 2. The lowest BCUT2D eigenvalue weighted by Crippen LogP contribution is -2.16. The molecule has 1 aromatic heterocycles. The van der Waals surface area contributed by atoms with Gasteiger partial charge in [-0.15, -0.1) is 13.2 Å². The molecule has 0 fully saturated rings. The molecule has 0 N–H and O–H groups in total. The first kappa shape index (κ1) is 11.4. The first-order chi connectivity index (χ1) is 8.04. The van der Waals surface area contributed by atoms with Gasteiger partial charge in [0, 0.05) is 11.8 Å². The molecule has 0 aliphatic carbocycles. The Morgan fingerprint density at radius 1 is 1.12 bits per heavy atom. The standard InChI is InChI=1S/C12H7F3NO/c13-12(14,15)17-10-6-4-9(5-7-10)11-3-1-2-8-16-11/h2-8H. The molecule has 5 heteroatoms. The molecule has 0 aliphatic heterocycles. The predicted molar refractivity (Wildman–Crippen MR) is 55.2 cm³/mol. The van der Waals surface area contributed by atoms with Crippen molar-refractivity contribution in [3.05, 3.63) is 48.7 Å². The zero-order valence-corrected chi connectivity index (χ0v) is 8.53. The summed E-state index contributed by atoms with van der Waals surface area (Å²) in [6, 6.07) is 11.7. The van der Waals surface area contributed by atoms with Crippen LogP contribution in [0.1, 0.15) is 0 Å². The van der Waals surface area contributed by atoms with E-state index >= 15 is 0 Å². The van der Waals surface area contributed by atoms with Crippen molar-refractivity contribution in [1.82, 2.24) is 4.98 Å². The van der Waals surface area contributed by atoms with Crippen LogP contribution in [0.3, 0.4) is 0 Å². The van der Waals surface area contributed by atoms with Crippen molar-refractivity contribution >= 4 is 0 Å². The largest absolute Gasteiger partial charge is 0.573 e. The van der Waals surface area contributed by atoms with Crippen molar-refractivity contribution < 1.29 is 17.9 Å². The molecule has 0 bridgehead atoms. The van der Waals surface area contributed by atoms with Gasteiger partial charge < -0.3 is 4.74 Å².